The molecule has 2 aliphatic rings. The summed E-state index contributed by atoms with van der Waals surface area (Å²) >= 11 is 6.61. The van der Waals surface area contributed by atoms with Crippen LogP contribution in [0.3, 0.4) is 0 Å². The number of hydrogen-bond acceptors (Lipinski definition) is 12. The van der Waals surface area contributed by atoms with E-state index in [1.54, 1.807) is 70.0 Å². The number of nitrogens with zero attached hydrogens (tertiary/aromatic N) is 2. The van der Waals surface area contributed by atoms with Crippen LogP contribution in [0.5, 0.6) is 23.0 Å². The van der Waals surface area contributed by atoms with E-state index in [-0.39, 0.29) is 55.7 Å². The number of rotatable bonds is 21. The Balaban J connectivity index is 0.876. The van der Waals surface area contributed by atoms with Crippen molar-refractivity contribution in [2.24, 2.45) is 5.92 Å². The lowest BCUT2D eigenvalue weighted by molar-refractivity contribution is -0.128. The Morgan fingerprint density at radius 1 is 0.790 bits per heavy atom. The van der Waals surface area contributed by atoms with Crippen molar-refractivity contribution in [1.29, 1.82) is 0 Å². The number of carbonyl (C=O) groups is 5. The minimum Gasteiger partial charge on any atom is -0.493 e. The number of pyridine rings is 1. The number of amides is 5. The van der Waals surface area contributed by atoms with Crippen LogP contribution >= 0.6 is 11.6 Å². The Morgan fingerprint density at radius 2 is 1.49 bits per heavy atom. The summed E-state index contributed by atoms with van der Waals surface area (Å²) < 4.78 is 34.5. The zero-order valence-electron chi connectivity index (χ0n) is 46.7. The molecule has 0 saturated carbocycles. The molecule has 3 heterocycles. The first-order valence-corrected chi connectivity index (χ1v) is 27.6. The first kappa shape index (κ1) is 57.2. The second kappa shape index (κ2) is 24.9. The number of hydrogen-bond donors (Lipinski definition) is 5. The van der Waals surface area contributed by atoms with Crippen molar-refractivity contribution in [3.8, 4) is 34.1 Å². The normalized spacial score (nSPS) is 14.3. The van der Waals surface area contributed by atoms with Crippen molar-refractivity contribution in [3.05, 3.63) is 137 Å². The summed E-state index contributed by atoms with van der Waals surface area (Å²) in [5, 5.41) is 12.9. The summed E-state index contributed by atoms with van der Waals surface area (Å²) in [6.07, 6.45) is 1.53. The van der Waals surface area contributed by atoms with Gasteiger partial charge < -0.3 is 59.6 Å². The highest BCUT2D eigenvalue weighted by Crippen LogP contribution is 2.48. The number of ether oxygens (including phenoxy) is 6. The van der Waals surface area contributed by atoms with Gasteiger partial charge in [0.15, 0.2) is 11.5 Å². The molecule has 7 aromatic rings. The van der Waals surface area contributed by atoms with Gasteiger partial charge in [0, 0.05) is 59.5 Å². The van der Waals surface area contributed by atoms with Crippen molar-refractivity contribution in [3.63, 3.8) is 0 Å². The molecule has 0 radical (unpaired) electrons. The van der Waals surface area contributed by atoms with E-state index in [9.17, 15) is 24.0 Å². The molecule has 9 rings (SSSR count). The predicted molar refractivity (Wildman–Crippen MR) is 311 cm³/mol. The molecule has 3 atom stereocenters. The molecule has 81 heavy (non-hydrogen) atoms. The van der Waals surface area contributed by atoms with E-state index in [0.717, 1.165) is 38.8 Å². The number of alkyl carbamates (subject to hydrolysis) is 2. The molecule has 2 aromatic heterocycles. The molecule has 5 N–H and O–H groups in total. The standard InChI is InChI=1S/C62H68ClN7O11/c1-35(2)52(69-61(75)80-34-45-42-18-11-9-16-40(42)41-17-10-12-19-43(41)45)58(72)68-46(21-13-14-26-65-60(74)81-62(3,4)5)57(71)66-39-24-22-36(23-25-39)33-79-49-30-48-51(44-20-15-27-64-54(44)49)38(31-63)32-70(48)59(73)47-28-37-29-50(76-6)55(77-7)56(78-8)53(37)67-47/h9-12,15-20,22-25,27-30,35,38,45-46,52,67H,13-14,21,26,31-34H2,1-8H3,(H,65,74)(H,66,71)(H,68,72)(H,69,75)/t38?,46-,52-/m0/s1. The molecular formula is C62H68ClN7O11. The average molecular weight is 1120 g/mol. The van der Waals surface area contributed by atoms with Gasteiger partial charge in [0.05, 0.1) is 32.5 Å². The predicted octanol–water partition coefficient (Wildman–Crippen LogP) is 11.0. The smallest absolute Gasteiger partial charge is 0.407 e. The number of anilines is 2. The van der Waals surface area contributed by atoms with Crippen LogP contribution in [-0.4, -0.2) is 104 Å². The Hall–Kier alpha value is -8.51. The summed E-state index contributed by atoms with van der Waals surface area (Å²) in [6.45, 7) is 9.72. The van der Waals surface area contributed by atoms with E-state index in [4.69, 9.17) is 45.0 Å². The second-order valence-electron chi connectivity index (χ2n) is 21.4. The summed E-state index contributed by atoms with van der Waals surface area (Å²) in [7, 11) is 4.58. The molecule has 0 bridgehead atoms. The molecule has 1 unspecified atom stereocenters. The van der Waals surface area contributed by atoms with Crippen molar-refractivity contribution >= 4 is 74.7 Å². The molecule has 5 amide bonds. The highest BCUT2D eigenvalue weighted by molar-refractivity contribution is 6.19. The van der Waals surface area contributed by atoms with Crippen LogP contribution in [0.25, 0.3) is 32.9 Å². The van der Waals surface area contributed by atoms with E-state index in [0.29, 0.717) is 75.9 Å². The third-order valence-electron chi connectivity index (χ3n) is 14.5. The number of halogens is 1. The Bertz CT molecular complexity index is 3420. The molecule has 424 valence electrons. The number of nitrogens with one attached hydrogen (secondary N) is 5. The first-order chi connectivity index (χ1) is 39.0. The lowest BCUT2D eigenvalue weighted by atomic mass is 9.97. The van der Waals surface area contributed by atoms with Crippen LogP contribution in [0.1, 0.15) is 98.5 Å². The summed E-state index contributed by atoms with van der Waals surface area (Å²) in [4.78, 5) is 78.3. The van der Waals surface area contributed by atoms with Gasteiger partial charge in [-0.25, -0.2) is 9.59 Å². The Labute approximate surface area is 475 Å². The largest absolute Gasteiger partial charge is 0.493 e. The average Bonchev–Trinajstić information content (AvgIpc) is 3.64. The minimum atomic E-state index is -1.04. The molecule has 5 aromatic carbocycles. The Kier molecular flexibility index (Phi) is 17.6. The lowest BCUT2D eigenvalue weighted by Gasteiger charge is -2.25. The number of aromatic amines is 1. The highest BCUT2D eigenvalue weighted by atomic mass is 35.5. The van der Waals surface area contributed by atoms with Crippen molar-refractivity contribution in [2.75, 3.05) is 57.1 Å². The van der Waals surface area contributed by atoms with Gasteiger partial charge in [0.1, 0.15) is 47.9 Å². The third-order valence-corrected chi connectivity index (χ3v) is 14.8. The molecule has 0 fully saturated rings. The number of methoxy groups -OCH3 is 3. The van der Waals surface area contributed by atoms with Crippen LogP contribution in [0.15, 0.2) is 109 Å². The number of aromatic nitrogens is 2. The highest BCUT2D eigenvalue weighted by Gasteiger charge is 2.37. The number of benzene rings is 5. The Morgan fingerprint density at radius 3 is 2.15 bits per heavy atom. The fourth-order valence-electron chi connectivity index (χ4n) is 10.6. The summed E-state index contributed by atoms with van der Waals surface area (Å²) in [5.74, 6) is -0.0850. The molecule has 19 heteroatoms. The van der Waals surface area contributed by atoms with Gasteiger partial charge in [-0.05, 0) is 110 Å². The minimum absolute atomic E-state index is 0.0656. The SMILES string of the molecule is COc1cc2cc(C(=O)N3CC(CCl)c4c3cc(OCc3ccc(NC(=O)[C@H](CCCCNC(=O)OC(C)(C)C)NC(=O)[C@@H](NC(=O)OCC5c6ccccc6-c6ccccc65)C(C)C)cc3)c3ncccc43)[nH]c2c(OC)c1OC. The monoisotopic (exact) mass is 1120 g/mol. The van der Waals surface area contributed by atoms with E-state index < -0.39 is 41.7 Å². The van der Waals surface area contributed by atoms with Crippen molar-refractivity contribution in [2.45, 2.75) is 90.0 Å². The topological polar surface area (TPSA) is 221 Å². The van der Waals surface area contributed by atoms with Crippen LogP contribution in [0.4, 0.5) is 21.0 Å². The van der Waals surface area contributed by atoms with Crippen LogP contribution in [-0.2, 0) is 25.7 Å². The van der Waals surface area contributed by atoms with Gasteiger partial charge in [0.2, 0.25) is 17.6 Å². The van der Waals surface area contributed by atoms with E-state index in [1.807, 2.05) is 66.7 Å². The zero-order chi connectivity index (χ0) is 57.5. The number of unbranched alkanes of at least 4 members (excludes halogenated alkanes) is 1. The molecule has 0 saturated heterocycles. The van der Waals surface area contributed by atoms with E-state index in [2.05, 4.69) is 38.4 Å². The van der Waals surface area contributed by atoms with Gasteiger partial charge in [-0.2, -0.15) is 0 Å². The van der Waals surface area contributed by atoms with Gasteiger partial charge >= 0.3 is 12.2 Å². The zero-order valence-corrected chi connectivity index (χ0v) is 47.5. The maximum absolute atomic E-state index is 14.5. The van der Waals surface area contributed by atoms with Gasteiger partial charge in [-0.1, -0.05) is 80.6 Å². The van der Waals surface area contributed by atoms with Crippen LogP contribution in [0, 0.1) is 5.92 Å². The van der Waals surface area contributed by atoms with Gasteiger partial charge in [-0.15, -0.1) is 11.6 Å². The number of fused-ring (bicyclic) bond motifs is 7. The van der Waals surface area contributed by atoms with Gasteiger partial charge in [0.25, 0.3) is 5.91 Å². The van der Waals surface area contributed by atoms with E-state index in [1.165, 1.54) is 21.3 Å². The molecule has 1 aliphatic carbocycles. The van der Waals surface area contributed by atoms with Crippen LogP contribution in [0.2, 0.25) is 0 Å². The lowest BCUT2D eigenvalue weighted by Crippen LogP contribution is -2.54. The summed E-state index contributed by atoms with van der Waals surface area (Å²) in [5.41, 5.74) is 7.92. The fraction of sp³-hybridized carbons (Fsp3) is 0.355. The van der Waals surface area contributed by atoms with E-state index >= 15 is 0 Å². The number of H-pyrrole nitrogens is 1. The third kappa shape index (κ3) is 12.6. The quantitative estimate of drug-likeness (QED) is 0.0335. The molecule has 18 nitrogen and oxygen atoms in total. The first-order valence-electron chi connectivity index (χ1n) is 27.0. The second-order valence-corrected chi connectivity index (χ2v) is 21.7. The van der Waals surface area contributed by atoms with Crippen molar-refractivity contribution in [1.82, 2.24) is 25.9 Å². The summed E-state index contributed by atoms with van der Waals surface area (Å²) in [6, 6.07) is 30.3. The molecular weight excluding hydrogens is 1050 g/mol. The van der Waals surface area contributed by atoms with Crippen LogP contribution < -0.4 is 45.1 Å². The maximum atomic E-state index is 14.5. The fourth-order valence-corrected chi connectivity index (χ4v) is 10.9. The number of alkyl halides is 1. The van der Waals surface area contributed by atoms with Gasteiger partial charge in [-0.3, -0.25) is 19.4 Å². The number of carbonyl (C=O) groups excluding carboxylic acids is 5. The molecule has 1 aliphatic heterocycles. The molecule has 0 spiro atoms. The van der Waals surface area contributed by atoms with Crippen molar-refractivity contribution < 1.29 is 52.4 Å². The maximum Gasteiger partial charge on any atom is 0.407 e.